The van der Waals surface area contributed by atoms with Gasteiger partial charge in [0.15, 0.2) is 0 Å². The van der Waals surface area contributed by atoms with Crippen LogP contribution in [0.4, 0.5) is 0 Å². The van der Waals surface area contributed by atoms with Crippen molar-refractivity contribution in [3.05, 3.63) is 0 Å². The van der Waals surface area contributed by atoms with Gasteiger partial charge in [0.05, 0.1) is 6.04 Å². The summed E-state index contributed by atoms with van der Waals surface area (Å²) in [6.07, 6.45) is 11.4. The predicted molar refractivity (Wildman–Crippen MR) is 85.2 cm³/mol. The molecule has 3 fully saturated rings. The first kappa shape index (κ1) is 15.3. The van der Waals surface area contributed by atoms with Crippen molar-refractivity contribution in [1.82, 2.24) is 15.5 Å². The van der Waals surface area contributed by atoms with Gasteiger partial charge in [-0.25, -0.2) is 0 Å². The van der Waals surface area contributed by atoms with Crippen LogP contribution in [-0.2, 0) is 4.79 Å². The third-order valence-electron chi connectivity index (χ3n) is 5.66. The van der Waals surface area contributed by atoms with Crippen molar-refractivity contribution in [3.63, 3.8) is 0 Å². The predicted octanol–water partition coefficient (Wildman–Crippen LogP) is 2.04. The lowest BCUT2D eigenvalue weighted by Crippen LogP contribution is -2.53. The number of nitrogens with one attached hydrogen (secondary N) is 2. The normalized spacial score (nSPS) is 32.6. The molecule has 3 rings (SSSR count). The Labute approximate surface area is 129 Å². The average molecular weight is 293 g/mol. The SMILES string of the molecule is CC(NC1CCN2CCCCC12)C(=O)NC1CCCCC1. The van der Waals surface area contributed by atoms with Crippen LogP contribution < -0.4 is 10.6 Å². The number of carbonyl (C=O) groups excluding carboxylic acids is 1. The Morgan fingerprint density at radius 2 is 1.76 bits per heavy atom. The summed E-state index contributed by atoms with van der Waals surface area (Å²) in [5.41, 5.74) is 0. The molecule has 1 aliphatic carbocycles. The van der Waals surface area contributed by atoms with Crippen molar-refractivity contribution in [2.45, 2.75) is 88.9 Å². The summed E-state index contributed by atoms with van der Waals surface area (Å²) in [7, 11) is 0. The number of nitrogens with zero attached hydrogens (tertiary/aromatic N) is 1. The molecule has 0 aromatic carbocycles. The standard InChI is InChI=1S/C17H31N3O/c1-13(17(21)19-14-7-3-2-4-8-14)18-15-10-12-20-11-6-5-9-16(15)20/h13-16,18H,2-12H2,1H3,(H,19,21). The minimum absolute atomic E-state index is 0.0567. The first-order valence-electron chi connectivity index (χ1n) is 9.04. The topological polar surface area (TPSA) is 44.4 Å². The Hall–Kier alpha value is -0.610. The lowest BCUT2D eigenvalue weighted by molar-refractivity contribution is -0.123. The number of hydrogen-bond donors (Lipinski definition) is 2. The summed E-state index contributed by atoms with van der Waals surface area (Å²) >= 11 is 0. The number of hydrogen-bond acceptors (Lipinski definition) is 3. The molecule has 4 nitrogen and oxygen atoms in total. The van der Waals surface area contributed by atoms with E-state index in [-0.39, 0.29) is 11.9 Å². The van der Waals surface area contributed by atoms with E-state index < -0.39 is 0 Å². The molecule has 2 heterocycles. The minimum Gasteiger partial charge on any atom is -0.352 e. The molecule has 1 amide bonds. The van der Waals surface area contributed by atoms with Gasteiger partial charge in [0.2, 0.25) is 5.91 Å². The Morgan fingerprint density at radius 3 is 2.57 bits per heavy atom. The molecule has 0 aromatic heterocycles. The first-order chi connectivity index (χ1) is 10.2. The zero-order chi connectivity index (χ0) is 14.7. The van der Waals surface area contributed by atoms with E-state index in [1.54, 1.807) is 0 Å². The van der Waals surface area contributed by atoms with E-state index in [1.807, 2.05) is 6.92 Å². The van der Waals surface area contributed by atoms with Crippen LogP contribution in [0.15, 0.2) is 0 Å². The smallest absolute Gasteiger partial charge is 0.237 e. The fraction of sp³-hybridized carbons (Fsp3) is 0.941. The van der Waals surface area contributed by atoms with Gasteiger partial charge >= 0.3 is 0 Å². The van der Waals surface area contributed by atoms with E-state index in [9.17, 15) is 4.79 Å². The molecule has 1 saturated carbocycles. The Kier molecular flexibility index (Phi) is 5.17. The van der Waals surface area contributed by atoms with Gasteiger partial charge in [0.1, 0.15) is 0 Å². The Bertz CT molecular complexity index is 354. The second-order valence-electron chi connectivity index (χ2n) is 7.23. The molecule has 0 radical (unpaired) electrons. The second kappa shape index (κ2) is 7.10. The van der Waals surface area contributed by atoms with Gasteiger partial charge < -0.3 is 10.6 Å². The summed E-state index contributed by atoms with van der Waals surface area (Å²) in [6.45, 7) is 4.49. The minimum atomic E-state index is -0.0567. The van der Waals surface area contributed by atoms with Crippen molar-refractivity contribution in [2.24, 2.45) is 0 Å². The van der Waals surface area contributed by atoms with Crippen molar-refractivity contribution in [1.29, 1.82) is 0 Å². The third-order valence-corrected chi connectivity index (χ3v) is 5.66. The monoisotopic (exact) mass is 293 g/mol. The summed E-state index contributed by atoms with van der Waals surface area (Å²) in [5.74, 6) is 0.205. The van der Waals surface area contributed by atoms with Crippen LogP contribution in [0.2, 0.25) is 0 Å². The van der Waals surface area contributed by atoms with Crippen molar-refractivity contribution in [2.75, 3.05) is 13.1 Å². The number of amides is 1. The van der Waals surface area contributed by atoms with Gasteiger partial charge in [0.25, 0.3) is 0 Å². The van der Waals surface area contributed by atoms with Crippen molar-refractivity contribution >= 4 is 5.91 Å². The van der Waals surface area contributed by atoms with Crippen molar-refractivity contribution in [3.8, 4) is 0 Å². The molecule has 4 heteroatoms. The average Bonchev–Trinajstić information content (AvgIpc) is 2.91. The maximum absolute atomic E-state index is 12.4. The molecule has 0 spiro atoms. The van der Waals surface area contributed by atoms with E-state index in [1.165, 1.54) is 58.0 Å². The van der Waals surface area contributed by atoms with Crippen LogP contribution in [0.1, 0.15) is 64.7 Å². The van der Waals surface area contributed by atoms with Crippen LogP contribution in [0.25, 0.3) is 0 Å². The molecule has 120 valence electrons. The third kappa shape index (κ3) is 3.78. The molecule has 2 aliphatic heterocycles. The lowest BCUT2D eigenvalue weighted by Gasteiger charge is -2.34. The largest absolute Gasteiger partial charge is 0.352 e. The molecule has 21 heavy (non-hydrogen) atoms. The number of fused-ring (bicyclic) bond motifs is 1. The highest BCUT2D eigenvalue weighted by molar-refractivity contribution is 5.81. The molecule has 2 saturated heterocycles. The summed E-state index contributed by atoms with van der Waals surface area (Å²) in [4.78, 5) is 15.0. The lowest BCUT2D eigenvalue weighted by atomic mass is 9.95. The molecule has 3 aliphatic rings. The quantitative estimate of drug-likeness (QED) is 0.834. The summed E-state index contributed by atoms with van der Waals surface area (Å²) in [6, 6.07) is 1.55. The maximum atomic E-state index is 12.4. The maximum Gasteiger partial charge on any atom is 0.237 e. The van der Waals surface area contributed by atoms with Gasteiger partial charge in [-0.15, -0.1) is 0 Å². The van der Waals surface area contributed by atoms with Gasteiger partial charge in [-0.3, -0.25) is 9.69 Å². The van der Waals surface area contributed by atoms with E-state index >= 15 is 0 Å². The van der Waals surface area contributed by atoms with Gasteiger partial charge in [-0.2, -0.15) is 0 Å². The van der Waals surface area contributed by atoms with Crippen LogP contribution in [0, 0.1) is 0 Å². The van der Waals surface area contributed by atoms with Gasteiger partial charge in [0, 0.05) is 24.7 Å². The molecular weight excluding hydrogens is 262 g/mol. The summed E-state index contributed by atoms with van der Waals surface area (Å²) in [5, 5.41) is 6.86. The molecular formula is C17H31N3O. The fourth-order valence-corrected chi connectivity index (χ4v) is 4.41. The molecule has 0 aromatic rings. The molecule has 2 N–H and O–H groups in total. The van der Waals surface area contributed by atoms with E-state index in [0.29, 0.717) is 18.1 Å². The number of carbonyl (C=O) groups is 1. The Morgan fingerprint density at radius 1 is 1.00 bits per heavy atom. The zero-order valence-corrected chi connectivity index (χ0v) is 13.4. The van der Waals surface area contributed by atoms with Crippen LogP contribution in [0.3, 0.4) is 0 Å². The van der Waals surface area contributed by atoms with Crippen LogP contribution in [-0.4, -0.2) is 48.1 Å². The second-order valence-corrected chi connectivity index (χ2v) is 7.23. The molecule has 0 bridgehead atoms. The Balaban J connectivity index is 1.46. The molecule has 3 unspecified atom stereocenters. The summed E-state index contributed by atoms with van der Waals surface area (Å²) < 4.78 is 0. The fourth-order valence-electron chi connectivity index (χ4n) is 4.41. The highest BCUT2D eigenvalue weighted by Gasteiger charge is 2.36. The van der Waals surface area contributed by atoms with E-state index in [4.69, 9.17) is 0 Å². The number of piperidine rings is 1. The molecule has 3 atom stereocenters. The van der Waals surface area contributed by atoms with Gasteiger partial charge in [-0.05, 0) is 45.6 Å². The van der Waals surface area contributed by atoms with E-state index in [2.05, 4.69) is 15.5 Å². The number of rotatable bonds is 4. The van der Waals surface area contributed by atoms with Crippen molar-refractivity contribution < 1.29 is 4.79 Å². The first-order valence-corrected chi connectivity index (χ1v) is 9.04. The highest BCUT2D eigenvalue weighted by Crippen LogP contribution is 2.27. The van der Waals surface area contributed by atoms with Gasteiger partial charge in [-0.1, -0.05) is 25.7 Å². The van der Waals surface area contributed by atoms with Crippen LogP contribution in [0.5, 0.6) is 0 Å². The van der Waals surface area contributed by atoms with E-state index in [0.717, 1.165) is 12.8 Å². The zero-order valence-electron chi connectivity index (χ0n) is 13.4. The van der Waals surface area contributed by atoms with Crippen LogP contribution >= 0.6 is 0 Å². The highest BCUT2D eigenvalue weighted by atomic mass is 16.2.